The highest BCUT2D eigenvalue weighted by atomic mass is 35.5. The van der Waals surface area contributed by atoms with E-state index >= 15 is 0 Å². The van der Waals surface area contributed by atoms with E-state index in [4.69, 9.17) is 11.6 Å². The van der Waals surface area contributed by atoms with Gasteiger partial charge in [-0.1, -0.05) is 23.7 Å². The van der Waals surface area contributed by atoms with Gasteiger partial charge in [-0.2, -0.15) is 0 Å². The summed E-state index contributed by atoms with van der Waals surface area (Å²) in [6, 6.07) is 6.97. The van der Waals surface area contributed by atoms with Crippen LogP contribution in [0.1, 0.15) is 26.4 Å². The Hall–Kier alpha value is -1.85. The molecule has 21 heavy (non-hydrogen) atoms. The highest BCUT2D eigenvalue weighted by Gasteiger charge is 2.20. The maximum absolute atomic E-state index is 12.0. The van der Waals surface area contributed by atoms with Gasteiger partial charge in [-0.15, -0.1) is 11.3 Å². The third-order valence-corrected chi connectivity index (χ3v) is 4.50. The van der Waals surface area contributed by atoms with Crippen molar-refractivity contribution in [1.82, 2.24) is 0 Å². The number of thiophene rings is 1. The summed E-state index contributed by atoms with van der Waals surface area (Å²) in [6.45, 7) is 3.57. The molecule has 2 aromatic rings. The molecule has 1 amide bonds. The molecule has 2 N–H and O–H groups in total. The van der Waals surface area contributed by atoms with Crippen LogP contribution in [0.3, 0.4) is 0 Å². The van der Waals surface area contributed by atoms with Crippen LogP contribution in [0, 0.1) is 13.8 Å². The van der Waals surface area contributed by atoms with E-state index in [-0.39, 0.29) is 17.9 Å². The first-order chi connectivity index (χ1) is 9.88. The molecule has 2 rings (SSSR count). The number of hydrogen-bond acceptors (Lipinski definition) is 3. The Morgan fingerprint density at radius 2 is 1.86 bits per heavy atom. The minimum Gasteiger partial charge on any atom is -0.478 e. The number of amides is 1. The third-order valence-electron chi connectivity index (χ3n) is 3.13. The van der Waals surface area contributed by atoms with Crippen molar-refractivity contribution in [3.05, 3.63) is 50.9 Å². The Labute approximate surface area is 131 Å². The second kappa shape index (κ2) is 6.28. The Morgan fingerprint density at radius 3 is 2.43 bits per heavy atom. The van der Waals surface area contributed by atoms with Crippen LogP contribution in [0.15, 0.2) is 24.3 Å². The largest absolute Gasteiger partial charge is 0.478 e. The van der Waals surface area contributed by atoms with Crippen molar-refractivity contribution in [3.8, 4) is 0 Å². The number of carboxylic acid groups (broad SMARTS) is 1. The lowest BCUT2D eigenvalue weighted by Gasteiger charge is -2.05. The summed E-state index contributed by atoms with van der Waals surface area (Å²) in [7, 11) is 0. The van der Waals surface area contributed by atoms with Crippen LogP contribution in [0.2, 0.25) is 5.02 Å². The van der Waals surface area contributed by atoms with E-state index in [2.05, 4.69) is 5.32 Å². The third kappa shape index (κ3) is 3.62. The van der Waals surface area contributed by atoms with Crippen molar-refractivity contribution < 1.29 is 14.7 Å². The first-order valence-corrected chi connectivity index (χ1v) is 7.45. The number of carbonyl (C=O) groups excluding carboxylic acids is 1. The first-order valence-electron chi connectivity index (χ1n) is 6.26. The van der Waals surface area contributed by atoms with Gasteiger partial charge < -0.3 is 10.4 Å². The molecule has 0 unspecified atom stereocenters. The van der Waals surface area contributed by atoms with E-state index in [0.29, 0.717) is 15.6 Å². The van der Waals surface area contributed by atoms with Gasteiger partial charge in [0.05, 0.1) is 12.0 Å². The van der Waals surface area contributed by atoms with Crippen LogP contribution >= 0.6 is 22.9 Å². The van der Waals surface area contributed by atoms with Crippen molar-refractivity contribution in [3.63, 3.8) is 0 Å². The molecule has 0 saturated carbocycles. The number of carboxylic acids is 1. The summed E-state index contributed by atoms with van der Waals surface area (Å²) >= 11 is 7.07. The van der Waals surface area contributed by atoms with E-state index < -0.39 is 5.97 Å². The fourth-order valence-electron chi connectivity index (χ4n) is 1.93. The van der Waals surface area contributed by atoms with Crippen molar-refractivity contribution in [2.75, 3.05) is 5.32 Å². The zero-order valence-corrected chi connectivity index (χ0v) is 13.1. The van der Waals surface area contributed by atoms with Crippen LogP contribution in [0.4, 0.5) is 5.00 Å². The van der Waals surface area contributed by atoms with Gasteiger partial charge in [0, 0.05) is 9.90 Å². The summed E-state index contributed by atoms with van der Waals surface area (Å²) in [4.78, 5) is 24.2. The van der Waals surface area contributed by atoms with Gasteiger partial charge >= 0.3 is 5.97 Å². The SMILES string of the molecule is Cc1sc(NC(=O)Cc2ccc(Cl)cc2)c(C(=O)O)c1C. The van der Waals surface area contributed by atoms with Crippen LogP contribution in [0.5, 0.6) is 0 Å². The molecule has 0 aliphatic carbocycles. The van der Waals surface area contributed by atoms with Gasteiger partial charge in [0.1, 0.15) is 5.00 Å². The fraction of sp³-hybridized carbons (Fsp3) is 0.200. The van der Waals surface area contributed by atoms with Crippen LogP contribution in [-0.2, 0) is 11.2 Å². The predicted molar refractivity (Wildman–Crippen MR) is 84.5 cm³/mol. The van der Waals surface area contributed by atoms with Gasteiger partial charge in [-0.05, 0) is 37.1 Å². The number of aromatic carboxylic acids is 1. The average Bonchev–Trinajstić information content (AvgIpc) is 2.67. The normalized spacial score (nSPS) is 10.4. The molecule has 1 heterocycles. The monoisotopic (exact) mass is 323 g/mol. The number of nitrogens with one attached hydrogen (secondary N) is 1. The van der Waals surface area contributed by atoms with Crippen molar-refractivity contribution in [1.29, 1.82) is 0 Å². The Morgan fingerprint density at radius 1 is 1.24 bits per heavy atom. The molecule has 0 spiro atoms. The highest BCUT2D eigenvalue weighted by Crippen LogP contribution is 2.32. The topological polar surface area (TPSA) is 66.4 Å². The smallest absolute Gasteiger partial charge is 0.338 e. The van der Waals surface area contributed by atoms with Gasteiger partial charge in [-0.3, -0.25) is 4.79 Å². The minimum atomic E-state index is -1.03. The molecule has 0 fully saturated rings. The second-order valence-electron chi connectivity index (χ2n) is 4.64. The lowest BCUT2D eigenvalue weighted by atomic mass is 10.1. The molecule has 0 radical (unpaired) electrons. The van der Waals surface area contributed by atoms with Crippen LogP contribution in [-0.4, -0.2) is 17.0 Å². The molecule has 0 aliphatic heterocycles. The Balaban J connectivity index is 2.15. The molecule has 0 bridgehead atoms. The van der Waals surface area contributed by atoms with E-state index in [1.807, 2.05) is 6.92 Å². The van der Waals surface area contributed by atoms with Crippen LogP contribution in [0.25, 0.3) is 0 Å². The molecule has 4 nitrogen and oxygen atoms in total. The maximum Gasteiger partial charge on any atom is 0.338 e. The van der Waals surface area contributed by atoms with Crippen molar-refractivity contribution >= 4 is 39.8 Å². The average molecular weight is 324 g/mol. The van der Waals surface area contributed by atoms with E-state index in [1.165, 1.54) is 11.3 Å². The molecule has 1 aromatic carbocycles. The summed E-state index contributed by atoms with van der Waals surface area (Å²) in [5.41, 5.74) is 1.68. The second-order valence-corrected chi connectivity index (χ2v) is 6.31. The standard InChI is InChI=1S/C15H14ClNO3S/c1-8-9(2)21-14(13(8)15(19)20)17-12(18)7-10-3-5-11(16)6-4-10/h3-6H,7H2,1-2H3,(H,17,18)(H,19,20). The molecule has 0 atom stereocenters. The zero-order valence-electron chi connectivity index (χ0n) is 11.6. The van der Waals surface area contributed by atoms with E-state index in [1.54, 1.807) is 31.2 Å². The van der Waals surface area contributed by atoms with Gasteiger partial charge in [0.2, 0.25) is 5.91 Å². The van der Waals surface area contributed by atoms with Gasteiger partial charge in [-0.25, -0.2) is 4.79 Å². The van der Waals surface area contributed by atoms with Crippen molar-refractivity contribution in [2.24, 2.45) is 0 Å². The Bertz CT molecular complexity index is 692. The number of halogens is 1. The zero-order chi connectivity index (χ0) is 15.6. The van der Waals surface area contributed by atoms with Gasteiger partial charge in [0.15, 0.2) is 0 Å². The van der Waals surface area contributed by atoms with Crippen LogP contribution < -0.4 is 5.32 Å². The summed E-state index contributed by atoms with van der Waals surface area (Å²) in [5.74, 6) is -1.28. The summed E-state index contributed by atoms with van der Waals surface area (Å²) in [6.07, 6.45) is 0.173. The molecule has 110 valence electrons. The Kier molecular flexibility index (Phi) is 4.65. The molecular weight excluding hydrogens is 310 g/mol. The highest BCUT2D eigenvalue weighted by molar-refractivity contribution is 7.16. The summed E-state index contributed by atoms with van der Waals surface area (Å²) in [5, 5.41) is 12.9. The molecule has 0 aliphatic rings. The number of anilines is 1. The lowest BCUT2D eigenvalue weighted by molar-refractivity contribution is -0.115. The maximum atomic E-state index is 12.0. The van der Waals surface area contributed by atoms with Gasteiger partial charge in [0.25, 0.3) is 0 Å². The first kappa shape index (κ1) is 15.5. The predicted octanol–water partition coefficient (Wildman–Crippen LogP) is 3.90. The number of hydrogen-bond donors (Lipinski definition) is 2. The molecule has 0 saturated heterocycles. The molecule has 1 aromatic heterocycles. The lowest BCUT2D eigenvalue weighted by Crippen LogP contribution is -2.15. The van der Waals surface area contributed by atoms with E-state index in [0.717, 1.165) is 10.4 Å². The number of rotatable bonds is 4. The van der Waals surface area contributed by atoms with E-state index in [9.17, 15) is 14.7 Å². The quantitative estimate of drug-likeness (QED) is 0.896. The summed E-state index contributed by atoms with van der Waals surface area (Å²) < 4.78 is 0. The molecule has 6 heteroatoms. The number of benzene rings is 1. The minimum absolute atomic E-state index is 0.168. The number of aryl methyl sites for hydroxylation is 1. The molecular formula is C15H14ClNO3S. The number of carbonyl (C=O) groups is 2. The fourth-order valence-corrected chi connectivity index (χ4v) is 3.13. The van der Waals surface area contributed by atoms with Crippen molar-refractivity contribution in [2.45, 2.75) is 20.3 Å².